The maximum Gasteiger partial charge on any atom is 0.316 e. The number of carbonyl (C=O) groups excluding carboxylic acids is 1. The van der Waals surface area contributed by atoms with E-state index in [1.165, 1.54) is 0 Å². The molecule has 0 radical (unpaired) electrons. The van der Waals surface area contributed by atoms with Gasteiger partial charge in [0.05, 0.1) is 21.6 Å². The van der Waals surface area contributed by atoms with Crippen LogP contribution < -0.4 is 4.74 Å². The van der Waals surface area contributed by atoms with E-state index in [0.29, 0.717) is 29.7 Å². The highest BCUT2D eigenvalue weighted by Gasteiger charge is 2.27. The van der Waals surface area contributed by atoms with Crippen molar-refractivity contribution in [2.75, 3.05) is 13.1 Å². The van der Waals surface area contributed by atoms with E-state index in [4.69, 9.17) is 16.3 Å². The van der Waals surface area contributed by atoms with Crippen molar-refractivity contribution in [2.24, 2.45) is 0 Å². The fraction of sp³-hybridized carbons (Fsp3) is 0.312. The van der Waals surface area contributed by atoms with E-state index in [2.05, 4.69) is 25.9 Å². The van der Waals surface area contributed by atoms with Crippen molar-refractivity contribution in [2.45, 2.75) is 18.9 Å². The minimum atomic E-state index is -0.114. The molecule has 1 saturated heterocycles. The molecular weight excluding hydrogens is 382 g/mol. The maximum absolute atomic E-state index is 12.6. The number of benzene rings is 1. The third kappa shape index (κ3) is 4.00. The molecule has 0 saturated carbocycles. The van der Waals surface area contributed by atoms with Crippen LogP contribution >= 0.6 is 27.5 Å². The zero-order valence-corrected chi connectivity index (χ0v) is 14.6. The summed E-state index contributed by atoms with van der Waals surface area (Å²) in [5, 5.41) is 0.469. The maximum atomic E-state index is 12.6. The number of hydrogen-bond donors (Lipinski definition) is 0. The Bertz CT molecular complexity index is 696. The van der Waals surface area contributed by atoms with Gasteiger partial charge in [-0.2, -0.15) is 0 Å². The predicted octanol–water partition coefficient (Wildman–Crippen LogP) is 3.58. The van der Waals surface area contributed by atoms with Crippen molar-refractivity contribution in [1.82, 2.24) is 14.9 Å². The molecule has 0 N–H and O–H groups in total. The SMILES string of the molecule is O=C(c1ccccc1Cl)N1CCC[C@@H](Oc2ncc(Br)cn2)C1. The number of nitrogens with zero attached hydrogens (tertiary/aromatic N) is 3. The van der Waals surface area contributed by atoms with Gasteiger partial charge in [0, 0.05) is 18.9 Å². The second kappa shape index (κ2) is 7.27. The molecule has 2 aromatic rings. The highest BCUT2D eigenvalue weighted by molar-refractivity contribution is 9.10. The molecule has 3 rings (SSSR count). The molecule has 0 spiro atoms. The molecule has 1 aromatic carbocycles. The van der Waals surface area contributed by atoms with Gasteiger partial charge >= 0.3 is 6.01 Å². The van der Waals surface area contributed by atoms with Crippen molar-refractivity contribution in [3.8, 4) is 6.01 Å². The van der Waals surface area contributed by atoms with E-state index in [-0.39, 0.29) is 12.0 Å². The first-order chi connectivity index (χ1) is 11.1. The largest absolute Gasteiger partial charge is 0.458 e. The quantitative estimate of drug-likeness (QED) is 0.796. The van der Waals surface area contributed by atoms with E-state index in [0.717, 1.165) is 17.3 Å². The fourth-order valence-electron chi connectivity index (χ4n) is 2.53. The van der Waals surface area contributed by atoms with Crippen LogP contribution in [0.25, 0.3) is 0 Å². The molecule has 2 heterocycles. The summed E-state index contributed by atoms with van der Waals surface area (Å²) in [6.07, 6.45) is 4.90. The first-order valence-corrected chi connectivity index (χ1v) is 8.48. The minimum absolute atomic E-state index is 0.0689. The summed E-state index contributed by atoms with van der Waals surface area (Å²) in [5.41, 5.74) is 0.523. The first-order valence-electron chi connectivity index (χ1n) is 7.31. The lowest BCUT2D eigenvalue weighted by Crippen LogP contribution is -2.44. The molecule has 1 amide bonds. The molecule has 7 heteroatoms. The number of ether oxygens (including phenoxy) is 1. The summed E-state index contributed by atoms with van der Waals surface area (Å²) >= 11 is 9.40. The summed E-state index contributed by atoms with van der Waals surface area (Å²) in [5.74, 6) is -0.0689. The van der Waals surface area contributed by atoms with Crippen molar-refractivity contribution in [3.05, 3.63) is 51.7 Å². The van der Waals surface area contributed by atoms with Crippen LogP contribution in [0.15, 0.2) is 41.1 Å². The van der Waals surface area contributed by atoms with Crippen molar-refractivity contribution >= 4 is 33.4 Å². The smallest absolute Gasteiger partial charge is 0.316 e. The molecule has 1 aliphatic heterocycles. The Morgan fingerprint density at radius 1 is 1.30 bits per heavy atom. The van der Waals surface area contributed by atoms with E-state index in [1.54, 1.807) is 29.4 Å². The van der Waals surface area contributed by atoms with Crippen LogP contribution in [-0.2, 0) is 0 Å². The Morgan fingerprint density at radius 2 is 2.04 bits per heavy atom. The van der Waals surface area contributed by atoms with Crippen LogP contribution in [0.1, 0.15) is 23.2 Å². The van der Waals surface area contributed by atoms with Gasteiger partial charge in [-0.05, 0) is 40.9 Å². The Morgan fingerprint density at radius 3 is 2.78 bits per heavy atom. The van der Waals surface area contributed by atoms with Crippen molar-refractivity contribution < 1.29 is 9.53 Å². The molecule has 1 aromatic heterocycles. The van der Waals surface area contributed by atoms with Crippen LogP contribution in [0.3, 0.4) is 0 Å². The van der Waals surface area contributed by atoms with Gasteiger partial charge in [0.15, 0.2) is 0 Å². The van der Waals surface area contributed by atoms with Gasteiger partial charge in [-0.25, -0.2) is 9.97 Å². The molecule has 5 nitrogen and oxygen atoms in total. The second-order valence-corrected chi connectivity index (χ2v) is 6.62. The molecule has 1 aliphatic rings. The lowest BCUT2D eigenvalue weighted by atomic mass is 10.1. The number of likely N-dealkylation sites (tertiary alicyclic amines) is 1. The Kier molecular flexibility index (Phi) is 5.13. The fourth-order valence-corrected chi connectivity index (χ4v) is 2.96. The lowest BCUT2D eigenvalue weighted by Gasteiger charge is -2.32. The number of rotatable bonds is 3. The van der Waals surface area contributed by atoms with Crippen molar-refractivity contribution in [1.29, 1.82) is 0 Å². The molecule has 1 atom stereocenters. The van der Waals surface area contributed by atoms with Crippen LogP contribution in [0.5, 0.6) is 6.01 Å². The van der Waals surface area contributed by atoms with Crippen LogP contribution in [0.2, 0.25) is 5.02 Å². The number of carbonyl (C=O) groups is 1. The lowest BCUT2D eigenvalue weighted by molar-refractivity contribution is 0.0516. The van der Waals surface area contributed by atoms with E-state index in [1.807, 2.05) is 12.1 Å². The van der Waals surface area contributed by atoms with Gasteiger partial charge in [-0.15, -0.1) is 0 Å². The third-order valence-corrected chi connectivity index (χ3v) is 4.38. The van der Waals surface area contributed by atoms with E-state index in [9.17, 15) is 4.79 Å². The summed E-state index contributed by atoms with van der Waals surface area (Å²) in [6, 6.07) is 7.42. The molecule has 23 heavy (non-hydrogen) atoms. The van der Waals surface area contributed by atoms with Gasteiger partial charge < -0.3 is 9.64 Å². The van der Waals surface area contributed by atoms with Gasteiger partial charge in [-0.1, -0.05) is 23.7 Å². The van der Waals surface area contributed by atoms with Gasteiger partial charge in [0.25, 0.3) is 5.91 Å². The number of amides is 1. The second-order valence-electron chi connectivity index (χ2n) is 5.30. The topological polar surface area (TPSA) is 55.3 Å². The van der Waals surface area contributed by atoms with Crippen LogP contribution in [-0.4, -0.2) is 40.0 Å². The highest BCUT2D eigenvalue weighted by atomic mass is 79.9. The van der Waals surface area contributed by atoms with Crippen molar-refractivity contribution in [3.63, 3.8) is 0 Å². The standard InChI is InChI=1S/C16H15BrClN3O2/c17-11-8-19-16(20-9-11)23-12-4-3-7-21(10-12)15(22)13-5-1-2-6-14(13)18/h1-2,5-6,8-9,12H,3-4,7,10H2/t12-/m1/s1. The zero-order chi connectivity index (χ0) is 16.2. The summed E-state index contributed by atoms with van der Waals surface area (Å²) in [7, 11) is 0. The normalized spacial score (nSPS) is 17.8. The van der Waals surface area contributed by atoms with Crippen LogP contribution in [0, 0.1) is 0 Å². The Hall–Kier alpha value is -1.66. The van der Waals surface area contributed by atoms with E-state index >= 15 is 0 Å². The van der Waals surface area contributed by atoms with Gasteiger partial charge in [0.1, 0.15) is 6.10 Å². The minimum Gasteiger partial charge on any atom is -0.458 e. The zero-order valence-electron chi connectivity index (χ0n) is 12.3. The Balaban J connectivity index is 1.67. The molecule has 0 bridgehead atoms. The Labute approximate surface area is 147 Å². The molecule has 120 valence electrons. The first kappa shape index (κ1) is 16.2. The average Bonchev–Trinajstić information content (AvgIpc) is 2.57. The third-order valence-electron chi connectivity index (χ3n) is 3.64. The number of hydrogen-bond acceptors (Lipinski definition) is 4. The molecule has 0 unspecified atom stereocenters. The summed E-state index contributed by atoms with van der Waals surface area (Å²) < 4.78 is 6.58. The number of aromatic nitrogens is 2. The average molecular weight is 397 g/mol. The van der Waals surface area contributed by atoms with Crippen LogP contribution in [0.4, 0.5) is 0 Å². The molecule has 1 fully saturated rings. The summed E-state index contributed by atoms with van der Waals surface area (Å²) in [4.78, 5) is 22.6. The van der Waals surface area contributed by atoms with Gasteiger partial charge in [-0.3, -0.25) is 4.79 Å². The van der Waals surface area contributed by atoms with E-state index < -0.39 is 0 Å². The predicted molar refractivity (Wildman–Crippen MR) is 90.7 cm³/mol. The number of halogens is 2. The highest BCUT2D eigenvalue weighted by Crippen LogP contribution is 2.21. The molecular formula is C16H15BrClN3O2. The molecule has 0 aliphatic carbocycles. The summed E-state index contributed by atoms with van der Waals surface area (Å²) in [6.45, 7) is 1.20. The van der Waals surface area contributed by atoms with Gasteiger partial charge in [0.2, 0.25) is 0 Å². The number of piperidine rings is 1. The monoisotopic (exact) mass is 395 g/mol.